The molecule has 23 heteroatoms. The topological polar surface area (TPSA) is 284 Å². The third kappa shape index (κ3) is 5.47. The Labute approximate surface area is 256 Å². The van der Waals surface area contributed by atoms with E-state index in [-0.39, 0.29) is 28.4 Å². The van der Waals surface area contributed by atoms with Gasteiger partial charge in [-0.2, -0.15) is 4.98 Å². The summed E-state index contributed by atoms with van der Waals surface area (Å²) in [6.45, 7) is -5.75. The van der Waals surface area contributed by atoms with Crippen LogP contribution in [0.1, 0.15) is 12.5 Å². The van der Waals surface area contributed by atoms with Crippen LogP contribution in [0, 0.1) is 0 Å². The van der Waals surface area contributed by atoms with E-state index in [4.69, 9.17) is 39.0 Å². The molecule has 242 valence electrons. The number of hydrogen-bond acceptors (Lipinski definition) is 16. The Kier molecular flexibility index (Phi) is 7.59. The lowest BCUT2D eigenvalue weighted by Crippen LogP contribution is -2.36. The molecule has 20 nitrogen and oxygen atoms in total. The van der Waals surface area contributed by atoms with Gasteiger partial charge in [0.15, 0.2) is 18.1 Å². The quantitative estimate of drug-likeness (QED) is 0.106. The molecule has 4 aromatic heterocycles. The van der Waals surface area contributed by atoms with Crippen LogP contribution in [0.15, 0.2) is 35.6 Å². The highest BCUT2D eigenvalue weighted by Crippen LogP contribution is 2.58. The lowest BCUT2D eigenvalue weighted by atomic mass is 10.1. The Bertz CT molecular complexity index is 1940. The molecule has 45 heavy (non-hydrogen) atoms. The summed E-state index contributed by atoms with van der Waals surface area (Å²) >= 11 is 4.07. The summed E-state index contributed by atoms with van der Waals surface area (Å²) in [6.07, 6.45) is -7.39. The maximum absolute atomic E-state index is 13.5. The van der Waals surface area contributed by atoms with Crippen molar-refractivity contribution < 1.29 is 51.8 Å². The van der Waals surface area contributed by atoms with Crippen molar-refractivity contribution in [3.63, 3.8) is 0 Å². The fourth-order valence-electron chi connectivity index (χ4n) is 5.57. The molecule has 0 aromatic carbocycles. The smallest absolute Gasteiger partial charge is 0.387 e. The summed E-state index contributed by atoms with van der Waals surface area (Å²) in [6, 6.07) is 3.00. The van der Waals surface area contributed by atoms with Crippen molar-refractivity contribution in [1.82, 2.24) is 29.1 Å². The highest BCUT2D eigenvalue weighted by molar-refractivity contribution is 8.44. The second kappa shape index (κ2) is 11.1. The van der Waals surface area contributed by atoms with Crippen LogP contribution in [0.4, 0.5) is 11.8 Å². The van der Waals surface area contributed by atoms with Gasteiger partial charge in [0.2, 0.25) is 5.95 Å². The molecular weight excluding hydrogens is 662 g/mol. The molecule has 3 aliphatic rings. The summed E-state index contributed by atoms with van der Waals surface area (Å²) in [7, 11) is -4.99. The third-order valence-electron chi connectivity index (χ3n) is 7.62. The largest absolute Gasteiger partial charge is 0.472 e. The summed E-state index contributed by atoms with van der Waals surface area (Å²) in [5.74, 6) is -0.0337. The van der Waals surface area contributed by atoms with Crippen LogP contribution in [0.3, 0.4) is 0 Å². The molecule has 3 saturated heterocycles. The zero-order valence-corrected chi connectivity index (χ0v) is 25.4. The molecule has 8 N–H and O–H groups in total. The number of aliphatic hydroxyl groups is 2. The fourth-order valence-corrected chi connectivity index (χ4v) is 8.00. The molecule has 0 amide bonds. The molecule has 2 bridgehead atoms. The summed E-state index contributed by atoms with van der Waals surface area (Å²) < 4.78 is 62.9. The highest BCUT2D eigenvalue weighted by atomic mass is 32.7. The fraction of sp³-hybridized carbons (Fsp3) is 0.455. The zero-order valence-electron chi connectivity index (χ0n) is 22.7. The number of anilines is 2. The number of nitrogens with one attached hydrogen (secondary N) is 1. The number of nitrogens with zero attached hydrogens (tertiary/aromatic N) is 5. The number of rotatable bonds is 2. The maximum Gasteiger partial charge on any atom is 0.472 e. The standard InChI is InChI=1S/C22H26N8O12P2S/c23-16-8-1-3-29(17(8)26-7-25-16)20-13(32)14-11(40-20)6-38-44(36,45)42-15-12(31)10(5-37-43(34,35)41-14)39-21(15)30-4-2-9-18(30)27-22(24)28-19(9)33/h1-4,7,10-15,20-21,31-32H,5-6H2,(H,34,35)(H,36,45)(H2,23,25,26)(H3,24,27,28,33)/t10-,11-,12?,13?,14?,15?,20-,21-,44?/m1/s1. The number of fused-ring (bicyclic) bond motifs is 5. The molecule has 0 radical (unpaired) electrons. The van der Waals surface area contributed by atoms with Crippen molar-refractivity contribution in [2.75, 3.05) is 24.7 Å². The molecule has 10 atom stereocenters. The maximum atomic E-state index is 13.5. The van der Waals surface area contributed by atoms with Crippen LogP contribution in [-0.4, -0.2) is 94.0 Å². The summed E-state index contributed by atoms with van der Waals surface area (Å²) in [5.41, 5.74) is 11.4. The van der Waals surface area contributed by atoms with Crippen LogP contribution < -0.4 is 17.0 Å². The van der Waals surface area contributed by atoms with E-state index in [1.165, 1.54) is 33.9 Å². The van der Waals surface area contributed by atoms with Crippen LogP contribution in [-0.2, 0) is 36.7 Å². The van der Waals surface area contributed by atoms with Crippen LogP contribution in [0.2, 0.25) is 0 Å². The number of hydrogen-bond donors (Lipinski definition) is 7. The lowest BCUT2D eigenvalue weighted by molar-refractivity contribution is -0.0617. The molecule has 7 rings (SSSR count). The van der Waals surface area contributed by atoms with Gasteiger partial charge in [0.25, 0.3) is 5.56 Å². The van der Waals surface area contributed by atoms with Crippen molar-refractivity contribution in [1.29, 1.82) is 0 Å². The number of H-pyrrole nitrogens is 1. The molecule has 0 aliphatic carbocycles. The molecule has 0 saturated carbocycles. The lowest BCUT2D eigenvalue weighted by Gasteiger charge is -2.26. The number of nitrogens with two attached hydrogens (primary N) is 2. The van der Waals surface area contributed by atoms with Gasteiger partial charge in [-0.1, -0.05) is 12.2 Å². The van der Waals surface area contributed by atoms with Crippen molar-refractivity contribution in [2.24, 2.45) is 0 Å². The first-order chi connectivity index (χ1) is 21.3. The highest BCUT2D eigenvalue weighted by Gasteiger charge is 2.53. The van der Waals surface area contributed by atoms with Gasteiger partial charge >= 0.3 is 14.6 Å². The zero-order chi connectivity index (χ0) is 31.8. The van der Waals surface area contributed by atoms with Crippen molar-refractivity contribution >= 4 is 60.7 Å². The number of thiol groups is 1. The molecule has 0 spiro atoms. The molecule has 6 unspecified atom stereocenters. The SMILES string of the molecule is Nc1nc2c(ccn2[C@@H]2O[C@@H]3COP(=O)(O)OC4C(O)[C@H](n5ccc6c(N)ncnc65)O[C@@H]4COP(=O)(S)OC2C3O)c(=O)[nH]1. The number of aliphatic hydroxyl groups excluding tert-OH is 2. The second-order valence-electron chi connectivity index (χ2n) is 10.4. The Hall–Kier alpha value is -2.91. The molecule has 4 aromatic rings. The minimum absolute atomic E-state index is 0.0441. The normalized spacial score (nSPS) is 37.7. The van der Waals surface area contributed by atoms with E-state index in [1.807, 2.05) is 0 Å². The number of aromatic nitrogens is 6. The average molecular weight is 689 g/mol. The van der Waals surface area contributed by atoms with E-state index < -0.39 is 82.5 Å². The number of nitrogen functional groups attached to an aromatic ring is 2. The summed E-state index contributed by atoms with van der Waals surface area (Å²) in [5, 5.41) is 22.9. The minimum Gasteiger partial charge on any atom is -0.387 e. The van der Waals surface area contributed by atoms with Crippen LogP contribution in [0.25, 0.3) is 22.1 Å². The van der Waals surface area contributed by atoms with Gasteiger partial charge in [0, 0.05) is 12.4 Å². The van der Waals surface area contributed by atoms with Crippen LogP contribution >= 0.6 is 26.9 Å². The Morgan fingerprint density at radius 3 is 2.38 bits per heavy atom. The first-order valence-electron chi connectivity index (χ1n) is 13.2. The Morgan fingerprint density at radius 2 is 1.60 bits per heavy atom. The first-order valence-corrected chi connectivity index (χ1v) is 17.4. The van der Waals surface area contributed by atoms with E-state index in [1.54, 1.807) is 6.07 Å². The van der Waals surface area contributed by atoms with E-state index >= 15 is 0 Å². The van der Waals surface area contributed by atoms with Gasteiger partial charge in [-0.3, -0.25) is 27.9 Å². The van der Waals surface area contributed by atoms with E-state index in [0.717, 1.165) is 0 Å². The first kappa shape index (κ1) is 30.7. The number of phosphoric acid groups is 1. The van der Waals surface area contributed by atoms with Gasteiger partial charge in [0.1, 0.15) is 54.4 Å². The van der Waals surface area contributed by atoms with Crippen LogP contribution in [0.5, 0.6) is 0 Å². The van der Waals surface area contributed by atoms with Gasteiger partial charge in [0.05, 0.1) is 24.0 Å². The van der Waals surface area contributed by atoms with Crippen molar-refractivity contribution in [3.05, 3.63) is 41.2 Å². The number of ether oxygens (including phenoxy) is 2. The van der Waals surface area contributed by atoms with Gasteiger partial charge in [-0.15, -0.1) is 0 Å². The summed E-state index contributed by atoms with van der Waals surface area (Å²) in [4.78, 5) is 37.6. The average Bonchev–Trinajstić information content (AvgIpc) is 3.72. The van der Waals surface area contributed by atoms with E-state index in [9.17, 15) is 29.0 Å². The molecular formula is C22H26N8O12P2S. The van der Waals surface area contributed by atoms with Gasteiger partial charge < -0.3 is 45.2 Å². The predicted molar refractivity (Wildman–Crippen MR) is 155 cm³/mol. The molecule has 3 aliphatic heterocycles. The number of aromatic amines is 1. The van der Waals surface area contributed by atoms with Crippen molar-refractivity contribution in [2.45, 2.75) is 49.1 Å². The minimum atomic E-state index is -4.99. The van der Waals surface area contributed by atoms with Gasteiger partial charge in [-0.25, -0.2) is 19.1 Å². The predicted octanol–water partition coefficient (Wildman–Crippen LogP) is -0.194. The second-order valence-corrected chi connectivity index (χ2v) is 14.7. The molecule has 3 fully saturated rings. The van der Waals surface area contributed by atoms with E-state index in [0.29, 0.717) is 5.39 Å². The molecule has 7 heterocycles. The monoisotopic (exact) mass is 688 g/mol. The van der Waals surface area contributed by atoms with E-state index in [2.05, 4.69) is 32.2 Å². The van der Waals surface area contributed by atoms with Gasteiger partial charge in [-0.05, 0) is 12.1 Å². The number of phosphoric ester groups is 1. The Balaban J connectivity index is 1.21. The van der Waals surface area contributed by atoms with Crippen molar-refractivity contribution in [3.8, 4) is 0 Å². The Morgan fingerprint density at radius 1 is 0.911 bits per heavy atom. The third-order valence-corrected chi connectivity index (χ3v) is 10.2.